The summed E-state index contributed by atoms with van der Waals surface area (Å²) in [4.78, 5) is 42.0. The first kappa shape index (κ1) is 23.8. The van der Waals surface area contributed by atoms with Crippen LogP contribution in [0.4, 0.5) is 11.6 Å². The number of aryl methyl sites for hydroxylation is 1. The Morgan fingerprint density at radius 2 is 2.05 bits per heavy atom. The summed E-state index contributed by atoms with van der Waals surface area (Å²) in [6, 6.07) is 12.6. The summed E-state index contributed by atoms with van der Waals surface area (Å²) in [6.45, 7) is 2.02. The second-order valence-corrected chi connectivity index (χ2v) is 11.0. The zero-order valence-electron chi connectivity index (χ0n) is 21.0. The van der Waals surface area contributed by atoms with Crippen LogP contribution in [0.2, 0.25) is 0 Å². The smallest absolute Gasteiger partial charge is 0.248 e. The van der Waals surface area contributed by atoms with Crippen molar-refractivity contribution in [3.8, 4) is 11.3 Å². The number of rotatable bonds is 5. The average Bonchev–Trinajstić information content (AvgIpc) is 3.25. The number of fused-ring (bicyclic) bond motifs is 4. The maximum atomic E-state index is 13.9. The lowest BCUT2D eigenvalue weighted by Gasteiger charge is -2.27. The number of hydrogen-bond acceptors (Lipinski definition) is 7. The molecule has 1 saturated carbocycles. The molecule has 5 heterocycles. The van der Waals surface area contributed by atoms with Crippen LogP contribution in [0.15, 0.2) is 64.1 Å². The van der Waals surface area contributed by atoms with E-state index >= 15 is 0 Å². The number of anilines is 2. The Hall–Kier alpha value is -4.25. The van der Waals surface area contributed by atoms with E-state index in [1.807, 2.05) is 35.8 Å². The first-order valence-corrected chi connectivity index (χ1v) is 13.5. The van der Waals surface area contributed by atoms with Crippen LogP contribution in [0, 0.1) is 12.8 Å². The highest BCUT2D eigenvalue weighted by molar-refractivity contribution is 9.10. The van der Waals surface area contributed by atoms with Crippen molar-refractivity contribution in [1.82, 2.24) is 24.4 Å². The van der Waals surface area contributed by atoms with E-state index in [0.29, 0.717) is 39.6 Å². The van der Waals surface area contributed by atoms with Crippen molar-refractivity contribution in [2.24, 2.45) is 5.92 Å². The number of pyridine rings is 1. The molecule has 1 aliphatic carbocycles. The number of nitrogens with two attached hydrogens (primary N) is 1. The molecule has 196 valence electrons. The maximum Gasteiger partial charge on any atom is 0.248 e. The fourth-order valence-corrected chi connectivity index (χ4v) is 6.32. The molecule has 1 unspecified atom stereocenters. The van der Waals surface area contributed by atoms with Gasteiger partial charge in [-0.25, -0.2) is 15.0 Å². The van der Waals surface area contributed by atoms with Gasteiger partial charge in [0, 0.05) is 17.0 Å². The van der Waals surface area contributed by atoms with Crippen molar-refractivity contribution in [2.75, 3.05) is 11.1 Å². The first-order valence-electron chi connectivity index (χ1n) is 12.7. The van der Waals surface area contributed by atoms with Gasteiger partial charge >= 0.3 is 0 Å². The molecule has 0 spiro atoms. The Labute approximate surface area is 231 Å². The molecule has 10 nitrogen and oxygen atoms in total. The normalized spacial score (nSPS) is 19.9. The van der Waals surface area contributed by atoms with E-state index in [2.05, 4.69) is 36.2 Å². The molecule has 2 aliphatic rings. The van der Waals surface area contributed by atoms with E-state index in [0.717, 1.165) is 34.2 Å². The summed E-state index contributed by atoms with van der Waals surface area (Å²) in [5, 5.41) is 4.42. The molecule has 3 atom stereocenters. The molecule has 11 heteroatoms. The number of amides is 2. The van der Waals surface area contributed by atoms with E-state index < -0.39 is 6.04 Å². The topological polar surface area (TPSA) is 132 Å². The van der Waals surface area contributed by atoms with Crippen LogP contribution < -0.4 is 11.1 Å². The summed E-state index contributed by atoms with van der Waals surface area (Å²) in [5.41, 5.74) is 9.62. The minimum Gasteiger partial charge on any atom is -0.464 e. The highest BCUT2D eigenvalue weighted by Gasteiger charge is 2.56. The van der Waals surface area contributed by atoms with E-state index in [1.165, 1.54) is 6.33 Å². The summed E-state index contributed by atoms with van der Waals surface area (Å²) in [7, 11) is 0. The van der Waals surface area contributed by atoms with Gasteiger partial charge in [-0.05, 0) is 83.6 Å². The Morgan fingerprint density at radius 1 is 1.18 bits per heavy atom. The Bertz CT molecular complexity index is 1780. The van der Waals surface area contributed by atoms with E-state index in [9.17, 15) is 9.59 Å². The number of nitrogens with zero attached hydrogens (tertiary/aromatic N) is 5. The van der Waals surface area contributed by atoms with Gasteiger partial charge in [-0.2, -0.15) is 0 Å². The van der Waals surface area contributed by atoms with E-state index in [4.69, 9.17) is 10.2 Å². The molecule has 7 rings (SSSR count). The standard InChI is InChI=1S/C28H24BrN7O3/c1-14-8-16(20-4-3-7-39-20)9-17-24-26(30)31-13-32-27(24)35(25(14)17)12-23(37)36-18-10-15(18)11-19(36)28(38)34-22-6-2-5-21(29)33-22/h2-9,13,15,18-19H,10-12H2,1H3,(H2,30,31,32)(H,33,34,38)/t15-,18?,19+/m1/s1. The van der Waals surface area contributed by atoms with Gasteiger partial charge in [-0.15, -0.1) is 0 Å². The molecule has 5 aromatic rings. The van der Waals surface area contributed by atoms with Gasteiger partial charge in [-0.1, -0.05) is 6.07 Å². The van der Waals surface area contributed by atoms with Crippen molar-refractivity contribution in [1.29, 1.82) is 0 Å². The summed E-state index contributed by atoms with van der Waals surface area (Å²) in [6.07, 6.45) is 4.60. The number of piperidine rings is 1. The predicted octanol–water partition coefficient (Wildman–Crippen LogP) is 4.52. The van der Waals surface area contributed by atoms with Crippen molar-refractivity contribution in [3.05, 3.63) is 65.2 Å². The quantitative estimate of drug-likeness (QED) is 0.290. The highest BCUT2D eigenvalue weighted by Crippen LogP contribution is 2.48. The van der Waals surface area contributed by atoms with Crippen molar-refractivity contribution in [2.45, 2.75) is 38.4 Å². The number of likely N-dealkylation sites (tertiary alicyclic amines) is 1. The third-order valence-electron chi connectivity index (χ3n) is 7.71. The van der Waals surface area contributed by atoms with Crippen LogP contribution in [0.1, 0.15) is 18.4 Å². The average molecular weight is 586 g/mol. The first-order chi connectivity index (χ1) is 18.9. The molecule has 4 aromatic heterocycles. The van der Waals surface area contributed by atoms with Gasteiger partial charge in [0.1, 0.15) is 46.6 Å². The van der Waals surface area contributed by atoms with Crippen LogP contribution in [-0.4, -0.2) is 48.3 Å². The third kappa shape index (κ3) is 3.95. The fraction of sp³-hybridized carbons (Fsp3) is 0.250. The van der Waals surface area contributed by atoms with E-state index in [-0.39, 0.29) is 24.4 Å². The largest absolute Gasteiger partial charge is 0.464 e. The molecule has 3 N–H and O–H groups in total. The molecule has 0 bridgehead atoms. The number of halogens is 1. The van der Waals surface area contributed by atoms with E-state index in [1.54, 1.807) is 29.4 Å². The molecule has 0 radical (unpaired) electrons. The molecule has 1 aromatic carbocycles. The molecule has 1 aliphatic heterocycles. The number of carbonyl (C=O) groups is 2. The zero-order valence-corrected chi connectivity index (χ0v) is 22.6. The number of aromatic nitrogens is 4. The Balaban J connectivity index is 1.26. The van der Waals surface area contributed by atoms with Crippen molar-refractivity contribution < 1.29 is 14.0 Å². The van der Waals surface area contributed by atoms with Crippen LogP contribution in [0.25, 0.3) is 33.3 Å². The molecule has 1 saturated heterocycles. The third-order valence-corrected chi connectivity index (χ3v) is 8.15. The van der Waals surface area contributed by atoms with Gasteiger partial charge in [0.25, 0.3) is 0 Å². The monoisotopic (exact) mass is 585 g/mol. The van der Waals surface area contributed by atoms with Crippen LogP contribution >= 0.6 is 15.9 Å². The molecule has 2 amide bonds. The van der Waals surface area contributed by atoms with Gasteiger partial charge in [-0.3, -0.25) is 9.59 Å². The number of nitrogen functional groups attached to an aromatic ring is 1. The second kappa shape index (κ2) is 8.91. The van der Waals surface area contributed by atoms with Gasteiger partial charge in [0.15, 0.2) is 0 Å². The number of hydrogen-bond donors (Lipinski definition) is 2. The lowest BCUT2D eigenvalue weighted by atomic mass is 10.0. The minimum atomic E-state index is -0.554. The maximum absolute atomic E-state index is 13.9. The summed E-state index contributed by atoms with van der Waals surface area (Å²) < 4.78 is 8.15. The lowest BCUT2D eigenvalue weighted by Crippen LogP contribution is -2.46. The van der Waals surface area contributed by atoms with Crippen molar-refractivity contribution >= 4 is 61.3 Å². The molecule has 39 heavy (non-hydrogen) atoms. The molecular formula is C28H24BrN7O3. The van der Waals surface area contributed by atoms with Crippen LogP contribution in [-0.2, 0) is 16.1 Å². The zero-order chi connectivity index (χ0) is 26.8. The minimum absolute atomic E-state index is 0.0273. The summed E-state index contributed by atoms with van der Waals surface area (Å²) in [5.74, 6) is 1.50. The lowest BCUT2D eigenvalue weighted by molar-refractivity contribution is -0.138. The van der Waals surface area contributed by atoms with Crippen LogP contribution in [0.5, 0.6) is 0 Å². The van der Waals surface area contributed by atoms with Gasteiger partial charge in [0.05, 0.1) is 17.2 Å². The highest BCUT2D eigenvalue weighted by atomic mass is 79.9. The predicted molar refractivity (Wildman–Crippen MR) is 150 cm³/mol. The van der Waals surface area contributed by atoms with Crippen molar-refractivity contribution in [3.63, 3.8) is 0 Å². The summed E-state index contributed by atoms with van der Waals surface area (Å²) >= 11 is 3.33. The fourth-order valence-electron chi connectivity index (χ4n) is 5.98. The van der Waals surface area contributed by atoms with Crippen LogP contribution in [0.3, 0.4) is 0 Å². The number of nitrogens with one attached hydrogen (secondary N) is 1. The number of carbonyl (C=O) groups excluding carboxylic acids is 2. The number of furan rings is 1. The SMILES string of the molecule is Cc1cc(-c2ccco2)cc2c3c(N)ncnc3n(CC(=O)N3C4C[C@@H]4C[C@H]3C(=O)Nc3cccc(Br)n3)c12. The Kier molecular flexibility index (Phi) is 5.44. The molecular weight excluding hydrogens is 562 g/mol. The van der Waals surface area contributed by atoms with Gasteiger partial charge in [0.2, 0.25) is 11.8 Å². The number of benzene rings is 1. The molecule has 2 fully saturated rings. The Morgan fingerprint density at radius 3 is 2.85 bits per heavy atom. The second-order valence-electron chi connectivity index (χ2n) is 10.2. The van der Waals surface area contributed by atoms with Gasteiger partial charge < -0.3 is 24.9 Å².